The van der Waals surface area contributed by atoms with Crippen LogP contribution < -0.4 is 0 Å². The third kappa shape index (κ3) is 2.40. The molecule has 3 nitrogen and oxygen atoms in total. The van der Waals surface area contributed by atoms with Crippen LogP contribution in [0.25, 0.3) is 11.0 Å². The number of aryl methyl sites for hydroxylation is 2. The van der Waals surface area contributed by atoms with Crippen LogP contribution in [0.15, 0.2) is 61.1 Å². The first kappa shape index (κ1) is 14.4. The van der Waals surface area contributed by atoms with Gasteiger partial charge in [0.15, 0.2) is 0 Å². The van der Waals surface area contributed by atoms with Crippen molar-refractivity contribution in [2.45, 2.75) is 23.6 Å². The van der Waals surface area contributed by atoms with E-state index >= 15 is 0 Å². The molecular weight excluding hydrogens is 352 g/mol. The molecule has 3 aromatic rings. The van der Waals surface area contributed by atoms with Gasteiger partial charge in [-0.2, -0.15) is 0 Å². The molecule has 0 unspecified atom stereocenters. The second kappa shape index (κ2) is 5.00. The van der Waals surface area contributed by atoms with E-state index in [1.807, 2.05) is 13.0 Å². The van der Waals surface area contributed by atoms with Gasteiger partial charge in [0.2, 0.25) is 9.84 Å². The van der Waals surface area contributed by atoms with Gasteiger partial charge in [-0.3, -0.25) is 0 Å². The van der Waals surface area contributed by atoms with Crippen molar-refractivity contribution in [2.75, 3.05) is 0 Å². The molecule has 3 rings (SSSR count). The lowest BCUT2D eigenvalue weighted by molar-refractivity contribution is 0.557. The Labute approximate surface area is 131 Å². The van der Waals surface area contributed by atoms with E-state index in [-0.39, 0.29) is 9.79 Å². The number of rotatable bonds is 2. The molecule has 2 aromatic carbocycles. The van der Waals surface area contributed by atoms with Crippen LogP contribution >= 0.6 is 15.9 Å². The maximum atomic E-state index is 12.9. The Morgan fingerprint density at radius 1 is 1.00 bits per heavy atom. The van der Waals surface area contributed by atoms with Crippen LogP contribution in [0.3, 0.4) is 0 Å². The maximum Gasteiger partial charge on any atom is 0.210 e. The number of fused-ring (bicyclic) bond motifs is 1. The summed E-state index contributed by atoms with van der Waals surface area (Å²) < 4.78 is 32.2. The zero-order chi connectivity index (χ0) is 15.2. The van der Waals surface area contributed by atoms with E-state index in [0.29, 0.717) is 16.7 Å². The molecule has 0 saturated carbocycles. The number of furan rings is 1. The summed E-state index contributed by atoms with van der Waals surface area (Å²) in [5.74, 6) is 0.406. The predicted octanol–water partition coefficient (Wildman–Crippen LogP) is 4.64. The van der Waals surface area contributed by atoms with Crippen LogP contribution in [0.2, 0.25) is 0 Å². The van der Waals surface area contributed by atoms with Crippen molar-refractivity contribution in [1.29, 1.82) is 0 Å². The Hall–Kier alpha value is -1.59. The standard InChI is InChI=1S/C16H13BrO3S/c1-10-3-6-13(7-4-10)21(18,19)16-11(2)20-15-8-5-12(17)9-14(15)16/h3-9H,1-2H3. The fourth-order valence-electron chi connectivity index (χ4n) is 2.34. The molecule has 5 heteroatoms. The first-order chi connectivity index (χ1) is 9.89. The summed E-state index contributed by atoms with van der Waals surface area (Å²) in [5.41, 5.74) is 1.59. The smallest absolute Gasteiger partial charge is 0.210 e. The minimum Gasteiger partial charge on any atom is -0.460 e. The van der Waals surface area contributed by atoms with Gasteiger partial charge < -0.3 is 4.42 Å². The van der Waals surface area contributed by atoms with Crippen LogP contribution in [-0.4, -0.2) is 8.42 Å². The molecule has 0 aliphatic carbocycles. The van der Waals surface area contributed by atoms with Crippen molar-refractivity contribution in [2.24, 2.45) is 0 Å². The third-order valence-corrected chi connectivity index (χ3v) is 5.80. The van der Waals surface area contributed by atoms with E-state index in [1.165, 1.54) is 0 Å². The third-order valence-electron chi connectivity index (χ3n) is 3.37. The lowest BCUT2D eigenvalue weighted by atomic mass is 10.2. The minimum atomic E-state index is -3.60. The average Bonchev–Trinajstić information content (AvgIpc) is 2.75. The van der Waals surface area contributed by atoms with Gasteiger partial charge in [-0.15, -0.1) is 0 Å². The zero-order valence-electron chi connectivity index (χ0n) is 11.6. The molecule has 0 bridgehead atoms. The molecule has 0 spiro atoms. The zero-order valence-corrected chi connectivity index (χ0v) is 14.0. The Kier molecular flexibility index (Phi) is 3.42. The molecule has 1 aromatic heterocycles. The Morgan fingerprint density at radius 2 is 1.67 bits per heavy atom. The molecule has 1 heterocycles. The van der Waals surface area contributed by atoms with Gasteiger partial charge in [0, 0.05) is 9.86 Å². The van der Waals surface area contributed by atoms with Gasteiger partial charge in [-0.1, -0.05) is 33.6 Å². The normalized spacial score (nSPS) is 12.0. The number of hydrogen-bond acceptors (Lipinski definition) is 3. The van der Waals surface area contributed by atoms with Gasteiger partial charge >= 0.3 is 0 Å². The molecule has 0 fully saturated rings. The summed E-state index contributed by atoms with van der Waals surface area (Å²) in [6.45, 7) is 3.60. The van der Waals surface area contributed by atoms with Gasteiger partial charge in [-0.25, -0.2) is 8.42 Å². The summed E-state index contributed by atoms with van der Waals surface area (Å²) in [7, 11) is -3.60. The van der Waals surface area contributed by atoms with Gasteiger partial charge in [0.1, 0.15) is 16.2 Å². The quantitative estimate of drug-likeness (QED) is 0.664. The van der Waals surface area contributed by atoms with Crippen molar-refractivity contribution >= 4 is 36.7 Å². The van der Waals surface area contributed by atoms with Crippen molar-refractivity contribution < 1.29 is 12.8 Å². The fraction of sp³-hybridized carbons (Fsp3) is 0.125. The molecule has 0 aliphatic heterocycles. The molecule has 108 valence electrons. The highest BCUT2D eigenvalue weighted by molar-refractivity contribution is 9.10. The number of halogens is 1. The van der Waals surface area contributed by atoms with Crippen LogP contribution in [0.5, 0.6) is 0 Å². The van der Waals surface area contributed by atoms with Crippen LogP contribution in [0.1, 0.15) is 11.3 Å². The molecule has 21 heavy (non-hydrogen) atoms. The van der Waals surface area contributed by atoms with Crippen molar-refractivity contribution in [1.82, 2.24) is 0 Å². The highest BCUT2D eigenvalue weighted by Crippen LogP contribution is 2.35. The number of hydrogen-bond donors (Lipinski definition) is 0. The second-order valence-electron chi connectivity index (χ2n) is 4.94. The summed E-state index contributed by atoms with van der Waals surface area (Å²) in [4.78, 5) is 0.515. The maximum absolute atomic E-state index is 12.9. The van der Waals surface area contributed by atoms with Gasteiger partial charge in [0.25, 0.3) is 0 Å². The molecular formula is C16H13BrO3S. The Morgan fingerprint density at radius 3 is 2.33 bits per heavy atom. The Balaban J connectivity index is 2.30. The van der Waals surface area contributed by atoms with E-state index in [4.69, 9.17) is 4.42 Å². The predicted molar refractivity (Wildman–Crippen MR) is 85.3 cm³/mol. The Bertz CT molecular complexity index is 922. The van der Waals surface area contributed by atoms with Gasteiger partial charge in [-0.05, 0) is 44.2 Å². The van der Waals surface area contributed by atoms with E-state index in [0.717, 1.165) is 10.0 Å². The van der Waals surface area contributed by atoms with E-state index in [1.54, 1.807) is 43.3 Å². The SMILES string of the molecule is Cc1ccc(S(=O)(=O)c2c(C)oc3ccc(Br)cc23)cc1. The molecule has 0 atom stereocenters. The molecule has 0 saturated heterocycles. The summed E-state index contributed by atoms with van der Waals surface area (Å²) in [5, 5.41) is 0.599. The van der Waals surface area contributed by atoms with Crippen molar-refractivity contribution in [3.63, 3.8) is 0 Å². The van der Waals surface area contributed by atoms with Crippen LogP contribution in [0, 0.1) is 13.8 Å². The molecule has 0 aliphatic rings. The highest BCUT2D eigenvalue weighted by Gasteiger charge is 2.26. The number of sulfone groups is 1. The van der Waals surface area contributed by atoms with Crippen molar-refractivity contribution in [3.05, 3.63) is 58.3 Å². The minimum absolute atomic E-state index is 0.239. The average molecular weight is 365 g/mol. The topological polar surface area (TPSA) is 47.3 Å². The summed E-state index contributed by atoms with van der Waals surface area (Å²) in [6.07, 6.45) is 0. The van der Waals surface area contributed by atoms with Crippen LogP contribution in [-0.2, 0) is 9.84 Å². The lowest BCUT2D eigenvalue weighted by Crippen LogP contribution is -2.02. The first-order valence-electron chi connectivity index (χ1n) is 6.40. The molecule has 0 N–H and O–H groups in total. The highest BCUT2D eigenvalue weighted by atomic mass is 79.9. The van der Waals surface area contributed by atoms with E-state index < -0.39 is 9.84 Å². The monoisotopic (exact) mass is 364 g/mol. The fourth-order valence-corrected chi connectivity index (χ4v) is 4.30. The molecule has 0 amide bonds. The van der Waals surface area contributed by atoms with Gasteiger partial charge in [0.05, 0.1) is 4.90 Å². The summed E-state index contributed by atoms with van der Waals surface area (Å²) in [6, 6.07) is 12.2. The molecule has 0 radical (unpaired) electrons. The second-order valence-corrected chi connectivity index (χ2v) is 7.75. The lowest BCUT2D eigenvalue weighted by Gasteiger charge is -2.04. The summed E-state index contributed by atoms with van der Waals surface area (Å²) >= 11 is 3.37. The van der Waals surface area contributed by atoms with E-state index in [9.17, 15) is 8.42 Å². The van der Waals surface area contributed by atoms with Crippen molar-refractivity contribution in [3.8, 4) is 0 Å². The number of benzene rings is 2. The first-order valence-corrected chi connectivity index (χ1v) is 8.67. The largest absolute Gasteiger partial charge is 0.460 e. The van der Waals surface area contributed by atoms with Crippen LogP contribution in [0.4, 0.5) is 0 Å². The van der Waals surface area contributed by atoms with E-state index in [2.05, 4.69) is 15.9 Å².